The topological polar surface area (TPSA) is 88.3 Å². The molecule has 1 amide bonds. The molecule has 1 aromatic carbocycles. The average Bonchev–Trinajstić information content (AvgIpc) is 2.89. The van der Waals surface area contributed by atoms with Gasteiger partial charge in [-0.1, -0.05) is 17.3 Å². The summed E-state index contributed by atoms with van der Waals surface area (Å²) in [5.41, 5.74) is 2.80. The van der Waals surface area contributed by atoms with Crippen LogP contribution in [0.2, 0.25) is 0 Å². The quantitative estimate of drug-likeness (QED) is 0.878. The Morgan fingerprint density at radius 2 is 2.04 bits per heavy atom. The van der Waals surface area contributed by atoms with Crippen LogP contribution in [0.1, 0.15) is 35.1 Å². The summed E-state index contributed by atoms with van der Waals surface area (Å²) in [5, 5.41) is 16.8. The Morgan fingerprint density at radius 3 is 2.65 bits per heavy atom. The molecule has 7 heteroatoms. The number of carbonyl (C=O) groups excluding carboxylic acids is 1. The molecule has 0 atom stereocenters. The fraction of sp³-hybridized carbons (Fsp3) is 0.375. The van der Waals surface area contributed by atoms with Crippen LogP contribution in [0.5, 0.6) is 0 Å². The minimum Gasteiger partial charge on any atom is -0.481 e. The molecule has 1 aromatic heterocycles. The summed E-state index contributed by atoms with van der Waals surface area (Å²) in [4.78, 5) is 24.7. The summed E-state index contributed by atoms with van der Waals surface area (Å²) < 4.78 is 1.62. The van der Waals surface area contributed by atoms with Crippen LogP contribution in [0.25, 0.3) is 5.69 Å². The van der Waals surface area contributed by atoms with Crippen molar-refractivity contribution in [2.75, 3.05) is 13.1 Å². The fourth-order valence-electron chi connectivity index (χ4n) is 2.32. The fourth-order valence-corrected chi connectivity index (χ4v) is 2.32. The van der Waals surface area contributed by atoms with Crippen molar-refractivity contribution in [2.45, 2.75) is 27.2 Å². The second kappa shape index (κ2) is 7.04. The van der Waals surface area contributed by atoms with Gasteiger partial charge in [-0.15, -0.1) is 5.10 Å². The summed E-state index contributed by atoms with van der Waals surface area (Å²) in [6, 6.07) is 7.74. The SMILES string of the molecule is CCN(CCC(=O)O)C(=O)c1nnn(-c2cccc(C)c2)c1C. The first-order valence-corrected chi connectivity index (χ1v) is 7.44. The van der Waals surface area contributed by atoms with Gasteiger partial charge in [-0.25, -0.2) is 4.68 Å². The molecule has 0 radical (unpaired) electrons. The first-order chi connectivity index (χ1) is 10.9. The molecule has 2 rings (SSSR count). The molecule has 122 valence electrons. The highest BCUT2D eigenvalue weighted by molar-refractivity contribution is 5.93. The first-order valence-electron chi connectivity index (χ1n) is 7.44. The van der Waals surface area contributed by atoms with Crippen molar-refractivity contribution in [3.8, 4) is 5.69 Å². The van der Waals surface area contributed by atoms with Gasteiger partial charge in [0.2, 0.25) is 0 Å². The molecule has 7 nitrogen and oxygen atoms in total. The minimum atomic E-state index is -0.934. The van der Waals surface area contributed by atoms with E-state index < -0.39 is 5.97 Å². The van der Waals surface area contributed by atoms with Gasteiger partial charge in [-0.3, -0.25) is 9.59 Å². The second-order valence-electron chi connectivity index (χ2n) is 5.30. The van der Waals surface area contributed by atoms with E-state index in [1.807, 2.05) is 31.2 Å². The molecule has 1 heterocycles. The van der Waals surface area contributed by atoms with Crippen LogP contribution in [0.3, 0.4) is 0 Å². The van der Waals surface area contributed by atoms with Crippen molar-refractivity contribution in [1.82, 2.24) is 19.9 Å². The van der Waals surface area contributed by atoms with E-state index >= 15 is 0 Å². The highest BCUT2D eigenvalue weighted by Crippen LogP contribution is 2.15. The van der Waals surface area contributed by atoms with Crippen molar-refractivity contribution in [3.63, 3.8) is 0 Å². The second-order valence-corrected chi connectivity index (χ2v) is 5.30. The summed E-state index contributed by atoms with van der Waals surface area (Å²) in [7, 11) is 0. The van der Waals surface area contributed by atoms with Gasteiger partial charge in [0.25, 0.3) is 5.91 Å². The Labute approximate surface area is 134 Å². The largest absolute Gasteiger partial charge is 0.481 e. The number of amides is 1. The molecule has 2 aromatic rings. The van der Waals surface area contributed by atoms with E-state index in [0.29, 0.717) is 12.2 Å². The van der Waals surface area contributed by atoms with E-state index in [-0.39, 0.29) is 24.6 Å². The van der Waals surface area contributed by atoms with E-state index in [2.05, 4.69) is 10.3 Å². The van der Waals surface area contributed by atoms with Crippen LogP contribution >= 0.6 is 0 Å². The highest BCUT2D eigenvalue weighted by Gasteiger charge is 2.22. The molecular formula is C16H20N4O3. The third kappa shape index (κ3) is 3.74. The van der Waals surface area contributed by atoms with E-state index in [9.17, 15) is 9.59 Å². The van der Waals surface area contributed by atoms with Crippen LogP contribution in [-0.2, 0) is 4.79 Å². The summed E-state index contributed by atoms with van der Waals surface area (Å²) in [6.45, 7) is 6.14. The molecule has 1 N–H and O–H groups in total. The van der Waals surface area contributed by atoms with Gasteiger partial charge < -0.3 is 10.0 Å². The molecule has 0 unspecified atom stereocenters. The lowest BCUT2D eigenvalue weighted by Crippen LogP contribution is -2.33. The number of aryl methyl sites for hydroxylation is 1. The number of aliphatic carboxylic acids is 1. The van der Waals surface area contributed by atoms with Gasteiger partial charge in [0.05, 0.1) is 17.8 Å². The predicted molar refractivity (Wildman–Crippen MR) is 84.7 cm³/mol. The van der Waals surface area contributed by atoms with Gasteiger partial charge in [-0.2, -0.15) is 0 Å². The third-order valence-corrected chi connectivity index (χ3v) is 3.61. The maximum absolute atomic E-state index is 12.5. The van der Waals surface area contributed by atoms with Crippen LogP contribution in [0.15, 0.2) is 24.3 Å². The Kier molecular flexibility index (Phi) is 5.10. The van der Waals surface area contributed by atoms with Crippen molar-refractivity contribution < 1.29 is 14.7 Å². The van der Waals surface area contributed by atoms with Crippen molar-refractivity contribution in [2.24, 2.45) is 0 Å². The summed E-state index contributed by atoms with van der Waals surface area (Å²) in [6.07, 6.45) is -0.0926. The maximum atomic E-state index is 12.5. The molecule has 0 aliphatic carbocycles. The van der Waals surface area contributed by atoms with Crippen molar-refractivity contribution in [1.29, 1.82) is 0 Å². The van der Waals surface area contributed by atoms with E-state index in [1.165, 1.54) is 4.90 Å². The number of hydrogen-bond donors (Lipinski definition) is 1. The van der Waals surface area contributed by atoms with Crippen LogP contribution in [0, 0.1) is 13.8 Å². The molecule has 0 bridgehead atoms. The highest BCUT2D eigenvalue weighted by atomic mass is 16.4. The Balaban J connectivity index is 2.27. The molecule has 0 saturated carbocycles. The summed E-state index contributed by atoms with van der Waals surface area (Å²) >= 11 is 0. The average molecular weight is 316 g/mol. The van der Waals surface area contributed by atoms with Crippen molar-refractivity contribution in [3.05, 3.63) is 41.2 Å². The first kappa shape index (κ1) is 16.7. The number of rotatable bonds is 6. The number of benzene rings is 1. The molecule has 0 aliphatic heterocycles. The van der Waals surface area contributed by atoms with Gasteiger partial charge in [0, 0.05) is 13.1 Å². The monoisotopic (exact) mass is 316 g/mol. The Morgan fingerprint density at radius 1 is 1.30 bits per heavy atom. The number of nitrogens with zero attached hydrogens (tertiary/aromatic N) is 4. The molecule has 23 heavy (non-hydrogen) atoms. The zero-order valence-electron chi connectivity index (χ0n) is 13.5. The van der Waals surface area contributed by atoms with Crippen molar-refractivity contribution >= 4 is 11.9 Å². The smallest absolute Gasteiger partial charge is 0.305 e. The molecule has 0 fully saturated rings. The lowest BCUT2D eigenvalue weighted by atomic mass is 10.2. The van der Waals surface area contributed by atoms with Crippen LogP contribution in [-0.4, -0.2) is 50.0 Å². The van der Waals surface area contributed by atoms with E-state index in [1.54, 1.807) is 18.5 Å². The van der Waals surface area contributed by atoms with Crippen LogP contribution < -0.4 is 0 Å². The molecule has 0 spiro atoms. The minimum absolute atomic E-state index is 0.0926. The zero-order chi connectivity index (χ0) is 17.0. The lowest BCUT2D eigenvalue weighted by molar-refractivity contribution is -0.137. The van der Waals surface area contributed by atoms with Gasteiger partial charge >= 0.3 is 5.97 Å². The summed E-state index contributed by atoms with van der Waals surface area (Å²) in [5.74, 6) is -1.23. The van der Waals surface area contributed by atoms with Gasteiger partial charge in [0.15, 0.2) is 5.69 Å². The third-order valence-electron chi connectivity index (χ3n) is 3.61. The molecule has 0 aliphatic rings. The number of carbonyl (C=O) groups is 2. The number of aromatic nitrogens is 3. The zero-order valence-corrected chi connectivity index (χ0v) is 13.5. The van der Waals surface area contributed by atoms with E-state index in [0.717, 1.165) is 11.3 Å². The molecular weight excluding hydrogens is 296 g/mol. The van der Waals surface area contributed by atoms with Gasteiger partial charge in [0.1, 0.15) is 0 Å². The predicted octanol–water partition coefficient (Wildman–Crippen LogP) is 1.82. The normalized spacial score (nSPS) is 10.6. The van der Waals surface area contributed by atoms with E-state index in [4.69, 9.17) is 5.11 Å². The standard InChI is InChI=1S/C16H20N4O3/c1-4-19(9-8-14(21)22)16(23)15-12(3)20(18-17-15)13-7-5-6-11(2)10-13/h5-7,10H,4,8-9H2,1-3H3,(H,21,22). The number of carboxylic acid groups (broad SMARTS) is 1. The Bertz CT molecular complexity index is 724. The Hall–Kier alpha value is -2.70. The number of hydrogen-bond acceptors (Lipinski definition) is 4. The van der Waals surface area contributed by atoms with Crippen LogP contribution in [0.4, 0.5) is 0 Å². The van der Waals surface area contributed by atoms with Gasteiger partial charge in [-0.05, 0) is 38.5 Å². The lowest BCUT2D eigenvalue weighted by Gasteiger charge is -2.18. The maximum Gasteiger partial charge on any atom is 0.305 e. The number of carboxylic acids is 1. The molecule has 0 saturated heterocycles.